The summed E-state index contributed by atoms with van der Waals surface area (Å²) in [5.41, 5.74) is 5.26. The number of rotatable bonds is 2. The zero-order chi connectivity index (χ0) is 13.3. The van der Waals surface area contributed by atoms with E-state index >= 15 is 0 Å². The molecule has 0 aliphatic carbocycles. The first-order valence-corrected chi connectivity index (χ1v) is 6.67. The van der Waals surface area contributed by atoms with E-state index in [1.807, 2.05) is 24.3 Å². The number of hydrogen-bond acceptors (Lipinski definition) is 1. The minimum absolute atomic E-state index is 0.102. The molecule has 0 heterocycles. The first kappa shape index (κ1) is 13.0. The maximum Gasteiger partial charge on any atom is 0.160 e. The van der Waals surface area contributed by atoms with Gasteiger partial charge in [0.1, 0.15) is 0 Å². The highest BCUT2D eigenvalue weighted by atomic mass is 79.9. The lowest BCUT2D eigenvalue weighted by molar-refractivity contribution is 0.101. The number of carbonyl (C=O) groups excluding carboxylic acids is 1. The highest BCUT2D eigenvalue weighted by Crippen LogP contribution is 2.31. The van der Waals surface area contributed by atoms with E-state index in [0.29, 0.717) is 0 Å². The molecule has 0 aliphatic rings. The monoisotopic (exact) mass is 302 g/mol. The van der Waals surface area contributed by atoms with Crippen molar-refractivity contribution in [2.24, 2.45) is 0 Å². The van der Waals surface area contributed by atoms with Crippen LogP contribution in [-0.2, 0) is 0 Å². The van der Waals surface area contributed by atoms with E-state index in [-0.39, 0.29) is 5.78 Å². The molecule has 2 aromatic carbocycles. The maximum atomic E-state index is 11.7. The number of ketones is 1. The molecule has 2 rings (SSSR count). The minimum Gasteiger partial charge on any atom is -0.294 e. The molecule has 0 aromatic heterocycles. The first-order chi connectivity index (χ1) is 8.50. The van der Waals surface area contributed by atoms with E-state index < -0.39 is 0 Å². The van der Waals surface area contributed by atoms with E-state index in [4.69, 9.17) is 0 Å². The van der Waals surface area contributed by atoms with Crippen LogP contribution in [0, 0.1) is 13.8 Å². The Hall–Kier alpha value is -1.41. The third-order valence-electron chi connectivity index (χ3n) is 3.10. The van der Waals surface area contributed by atoms with Crippen molar-refractivity contribution < 1.29 is 4.79 Å². The Labute approximate surface area is 116 Å². The van der Waals surface area contributed by atoms with Crippen molar-refractivity contribution in [1.29, 1.82) is 0 Å². The normalized spacial score (nSPS) is 10.4. The van der Waals surface area contributed by atoms with Gasteiger partial charge in [0, 0.05) is 10.0 Å². The summed E-state index contributed by atoms with van der Waals surface area (Å²) in [6.07, 6.45) is 0. The second-order valence-corrected chi connectivity index (χ2v) is 5.37. The van der Waals surface area contributed by atoms with Crippen molar-refractivity contribution >= 4 is 21.7 Å². The summed E-state index contributed by atoms with van der Waals surface area (Å²) in [6.45, 7) is 5.74. The Balaban J connectivity index is 2.69. The van der Waals surface area contributed by atoms with Crippen LogP contribution in [-0.4, -0.2) is 5.78 Å². The predicted octanol–water partition coefficient (Wildman–Crippen LogP) is 4.94. The Kier molecular flexibility index (Phi) is 3.67. The molecule has 0 amide bonds. The molecule has 2 heteroatoms. The molecule has 0 bridgehead atoms. The summed E-state index contributed by atoms with van der Waals surface area (Å²) in [5, 5.41) is 0. The summed E-state index contributed by atoms with van der Waals surface area (Å²) in [6, 6.07) is 12.0. The Bertz CT molecular complexity index is 614. The van der Waals surface area contributed by atoms with Crippen molar-refractivity contribution in [1.82, 2.24) is 0 Å². The zero-order valence-corrected chi connectivity index (χ0v) is 12.3. The second-order valence-electron chi connectivity index (χ2n) is 4.52. The lowest BCUT2D eigenvalue weighted by atomic mass is 9.93. The van der Waals surface area contributed by atoms with E-state index in [1.165, 1.54) is 11.1 Å². The van der Waals surface area contributed by atoms with Crippen LogP contribution in [0.3, 0.4) is 0 Å². The van der Waals surface area contributed by atoms with Gasteiger partial charge in [-0.2, -0.15) is 0 Å². The van der Waals surface area contributed by atoms with Gasteiger partial charge in [0.25, 0.3) is 0 Å². The molecule has 0 aliphatic heterocycles. The number of Topliss-reactive ketones (excluding diaryl/α,β-unsaturated/α-hetero) is 1. The third kappa shape index (κ3) is 2.39. The molecular formula is C16H15BrO. The van der Waals surface area contributed by atoms with E-state index in [0.717, 1.165) is 21.2 Å². The average Bonchev–Trinajstić information content (AvgIpc) is 2.34. The lowest BCUT2D eigenvalue weighted by Crippen LogP contribution is -1.97. The molecule has 0 saturated carbocycles. The van der Waals surface area contributed by atoms with Crippen LogP contribution >= 0.6 is 15.9 Å². The van der Waals surface area contributed by atoms with Crippen LogP contribution in [0.25, 0.3) is 11.1 Å². The van der Waals surface area contributed by atoms with Crippen LogP contribution in [0.2, 0.25) is 0 Å². The largest absolute Gasteiger partial charge is 0.294 e. The summed E-state index contributed by atoms with van der Waals surface area (Å²) in [7, 11) is 0. The van der Waals surface area contributed by atoms with Gasteiger partial charge in [-0.25, -0.2) is 0 Å². The van der Waals surface area contributed by atoms with Crippen LogP contribution < -0.4 is 0 Å². The molecular weight excluding hydrogens is 288 g/mol. The van der Waals surface area contributed by atoms with Crippen LogP contribution in [0.1, 0.15) is 28.4 Å². The highest BCUT2D eigenvalue weighted by Gasteiger charge is 2.11. The van der Waals surface area contributed by atoms with Gasteiger partial charge in [-0.1, -0.05) is 46.3 Å². The van der Waals surface area contributed by atoms with Crippen LogP contribution in [0.5, 0.6) is 0 Å². The zero-order valence-electron chi connectivity index (χ0n) is 10.8. The third-order valence-corrected chi connectivity index (χ3v) is 3.96. The van der Waals surface area contributed by atoms with Gasteiger partial charge >= 0.3 is 0 Å². The summed E-state index contributed by atoms with van der Waals surface area (Å²) < 4.78 is 1.10. The fourth-order valence-electron chi connectivity index (χ4n) is 2.10. The number of carbonyl (C=O) groups is 1. The fraction of sp³-hybridized carbons (Fsp3) is 0.188. The average molecular weight is 303 g/mol. The Morgan fingerprint density at radius 2 is 1.67 bits per heavy atom. The maximum absolute atomic E-state index is 11.7. The molecule has 0 atom stereocenters. The summed E-state index contributed by atoms with van der Waals surface area (Å²) in [5.74, 6) is 0.102. The van der Waals surface area contributed by atoms with E-state index in [9.17, 15) is 4.79 Å². The SMILES string of the molecule is CC(=O)c1ccccc1-c1cc(C)c(Br)cc1C. The number of halogens is 1. The molecule has 92 valence electrons. The second kappa shape index (κ2) is 5.07. The van der Waals surface area contributed by atoms with Crippen molar-refractivity contribution in [2.75, 3.05) is 0 Å². The first-order valence-electron chi connectivity index (χ1n) is 5.88. The van der Waals surface area contributed by atoms with Crippen molar-refractivity contribution in [3.8, 4) is 11.1 Å². The molecule has 1 nitrogen and oxygen atoms in total. The topological polar surface area (TPSA) is 17.1 Å². The highest BCUT2D eigenvalue weighted by molar-refractivity contribution is 9.10. The van der Waals surface area contributed by atoms with Crippen molar-refractivity contribution in [3.05, 3.63) is 57.6 Å². The minimum atomic E-state index is 0.102. The van der Waals surface area contributed by atoms with Gasteiger partial charge in [0.2, 0.25) is 0 Å². The lowest BCUT2D eigenvalue weighted by Gasteiger charge is -2.12. The van der Waals surface area contributed by atoms with Gasteiger partial charge in [-0.15, -0.1) is 0 Å². The van der Waals surface area contributed by atoms with Gasteiger partial charge in [0.15, 0.2) is 5.78 Å². The molecule has 0 saturated heterocycles. The molecule has 18 heavy (non-hydrogen) atoms. The van der Waals surface area contributed by atoms with Gasteiger partial charge in [-0.3, -0.25) is 4.79 Å². The quantitative estimate of drug-likeness (QED) is 0.718. The van der Waals surface area contributed by atoms with Crippen molar-refractivity contribution in [3.63, 3.8) is 0 Å². The number of benzene rings is 2. The molecule has 0 spiro atoms. The van der Waals surface area contributed by atoms with Crippen molar-refractivity contribution in [2.45, 2.75) is 20.8 Å². The summed E-state index contributed by atoms with van der Waals surface area (Å²) in [4.78, 5) is 11.7. The van der Waals surface area contributed by atoms with E-state index in [2.05, 4.69) is 41.9 Å². The molecule has 2 aromatic rings. The predicted molar refractivity (Wildman–Crippen MR) is 79.1 cm³/mol. The Morgan fingerprint density at radius 1 is 1.00 bits per heavy atom. The molecule has 0 fully saturated rings. The van der Waals surface area contributed by atoms with Gasteiger partial charge in [0.05, 0.1) is 0 Å². The fourth-order valence-corrected chi connectivity index (χ4v) is 2.55. The van der Waals surface area contributed by atoms with Gasteiger partial charge < -0.3 is 0 Å². The number of hydrogen-bond donors (Lipinski definition) is 0. The molecule has 0 N–H and O–H groups in total. The smallest absolute Gasteiger partial charge is 0.160 e. The molecule has 0 radical (unpaired) electrons. The molecule has 0 unspecified atom stereocenters. The van der Waals surface area contributed by atoms with E-state index in [1.54, 1.807) is 6.92 Å². The van der Waals surface area contributed by atoms with Crippen LogP contribution in [0.4, 0.5) is 0 Å². The Morgan fingerprint density at radius 3 is 2.33 bits per heavy atom. The van der Waals surface area contributed by atoms with Gasteiger partial charge in [-0.05, 0) is 49.1 Å². The number of aryl methyl sites for hydroxylation is 2. The standard InChI is InChI=1S/C16H15BrO/c1-10-9-16(17)11(2)8-15(10)14-7-5-4-6-13(14)12(3)18/h4-9H,1-3H3. The van der Waals surface area contributed by atoms with Crippen LogP contribution in [0.15, 0.2) is 40.9 Å². The summed E-state index contributed by atoms with van der Waals surface area (Å²) >= 11 is 3.53.